The van der Waals surface area contributed by atoms with Gasteiger partial charge < -0.3 is 4.74 Å². The Morgan fingerprint density at radius 3 is 2.78 bits per heavy atom. The van der Waals surface area contributed by atoms with Gasteiger partial charge in [-0.1, -0.05) is 6.07 Å². The van der Waals surface area contributed by atoms with Gasteiger partial charge >= 0.3 is 5.97 Å². The molecule has 18 heavy (non-hydrogen) atoms. The molecule has 0 aliphatic carbocycles. The number of nitrogens with zero attached hydrogens (tertiary/aromatic N) is 1. The van der Waals surface area contributed by atoms with Crippen LogP contribution >= 0.6 is 11.8 Å². The summed E-state index contributed by atoms with van der Waals surface area (Å²) in [5.74, 6) is 0.638. The Morgan fingerprint density at radius 2 is 2.22 bits per heavy atom. The van der Waals surface area contributed by atoms with Crippen molar-refractivity contribution in [1.29, 1.82) is 0 Å². The molecule has 0 aromatic carbocycles. The third kappa shape index (κ3) is 6.05. The molecular weight excluding hydrogens is 246 g/mol. The van der Waals surface area contributed by atoms with Gasteiger partial charge in [-0.25, -0.2) is 0 Å². The van der Waals surface area contributed by atoms with Crippen molar-refractivity contribution in [2.45, 2.75) is 45.0 Å². The van der Waals surface area contributed by atoms with E-state index in [0.717, 1.165) is 5.75 Å². The molecule has 1 atom stereocenters. The van der Waals surface area contributed by atoms with E-state index in [9.17, 15) is 4.79 Å². The lowest BCUT2D eigenvalue weighted by Crippen LogP contribution is -2.24. The van der Waals surface area contributed by atoms with Crippen molar-refractivity contribution in [3.63, 3.8) is 0 Å². The van der Waals surface area contributed by atoms with Crippen LogP contribution in [0.2, 0.25) is 0 Å². The maximum Gasteiger partial charge on any atom is 0.307 e. The van der Waals surface area contributed by atoms with E-state index < -0.39 is 5.60 Å². The molecule has 1 aromatic rings. The van der Waals surface area contributed by atoms with Gasteiger partial charge in [0.2, 0.25) is 0 Å². The average Bonchev–Trinajstić information content (AvgIpc) is 2.27. The lowest BCUT2D eigenvalue weighted by atomic mass is 10.2. The Kier molecular flexibility index (Phi) is 5.66. The Morgan fingerprint density at radius 1 is 1.50 bits per heavy atom. The summed E-state index contributed by atoms with van der Waals surface area (Å²) in [6, 6.07) is 3.98. The van der Waals surface area contributed by atoms with Gasteiger partial charge in [0.05, 0.1) is 6.42 Å². The third-order valence-corrected chi connectivity index (χ3v) is 3.46. The van der Waals surface area contributed by atoms with Crippen molar-refractivity contribution in [3.05, 3.63) is 30.1 Å². The first kappa shape index (κ1) is 15.0. The molecule has 100 valence electrons. The summed E-state index contributed by atoms with van der Waals surface area (Å²) >= 11 is 1.74. The number of carbonyl (C=O) groups is 1. The van der Waals surface area contributed by atoms with Gasteiger partial charge in [0.15, 0.2) is 0 Å². The highest BCUT2D eigenvalue weighted by molar-refractivity contribution is 7.99. The number of pyridine rings is 1. The SMILES string of the molecule is C[C@H](SCCC(=O)OC(C)(C)C)c1cccnc1. The summed E-state index contributed by atoms with van der Waals surface area (Å²) in [6.07, 6.45) is 4.08. The van der Waals surface area contributed by atoms with Gasteiger partial charge in [-0.2, -0.15) is 11.8 Å². The molecule has 0 N–H and O–H groups in total. The van der Waals surface area contributed by atoms with E-state index in [1.807, 2.05) is 33.0 Å². The van der Waals surface area contributed by atoms with Crippen molar-refractivity contribution < 1.29 is 9.53 Å². The van der Waals surface area contributed by atoms with Crippen molar-refractivity contribution in [2.24, 2.45) is 0 Å². The fraction of sp³-hybridized carbons (Fsp3) is 0.571. The van der Waals surface area contributed by atoms with Gasteiger partial charge in [-0.15, -0.1) is 0 Å². The maximum absolute atomic E-state index is 11.5. The molecule has 0 fully saturated rings. The zero-order chi connectivity index (χ0) is 13.6. The molecule has 0 saturated heterocycles. The van der Waals surface area contributed by atoms with Gasteiger partial charge in [0.25, 0.3) is 0 Å². The fourth-order valence-corrected chi connectivity index (χ4v) is 2.39. The second-order valence-electron chi connectivity index (χ2n) is 5.14. The predicted molar refractivity (Wildman–Crippen MR) is 75.6 cm³/mol. The van der Waals surface area contributed by atoms with Gasteiger partial charge in [0, 0.05) is 23.4 Å². The number of ether oxygens (including phenoxy) is 1. The van der Waals surface area contributed by atoms with Crippen LogP contribution in [-0.4, -0.2) is 22.3 Å². The highest BCUT2D eigenvalue weighted by atomic mass is 32.2. The smallest absolute Gasteiger partial charge is 0.307 e. The summed E-state index contributed by atoms with van der Waals surface area (Å²) in [5, 5.41) is 0.348. The van der Waals surface area contributed by atoms with Crippen LogP contribution in [0.25, 0.3) is 0 Å². The minimum atomic E-state index is -0.392. The lowest BCUT2D eigenvalue weighted by Gasteiger charge is -2.19. The highest BCUT2D eigenvalue weighted by Crippen LogP contribution is 2.27. The third-order valence-electron chi connectivity index (χ3n) is 2.25. The molecule has 0 bridgehead atoms. The molecule has 0 saturated carbocycles. The van der Waals surface area contributed by atoms with Gasteiger partial charge in [-0.3, -0.25) is 9.78 Å². The number of hydrogen-bond donors (Lipinski definition) is 0. The zero-order valence-electron chi connectivity index (χ0n) is 11.5. The van der Waals surface area contributed by atoms with E-state index in [4.69, 9.17) is 4.74 Å². The number of rotatable bonds is 5. The summed E-state index contributed by atoms with van der Waals surface area (Å²) in [6.45, 7) is 7.78. The predicted octanol–water partition coefficient (Wildman–Crippen LogP) is 3.61. The number of hydrogen-bond acceptors (Lipinski definition) is 4. The molecule has 0 aliphatic heterocycles. The van der Waals surface area contributed by atoms with E-state index in [-0.39, 0.29) is 5.97 Å². The van der Waals surface area contributed by atoms with E-state index in [1.54, 1.807) is 18.0 Å². The monoisotopic (exact) mass is 267 g/mol. The Hall–Kier alpha value is -1.03. The summed E-state index contributed by atoms with van der Waals surface area (Å²) in [4.78, 5) is 15.6. The minimum absolute atomic E-state index is 0.131. The molecule has 1 heterocycles. The molecule has 3 nitrogen and oxygen atoms in total. The Bertz CT molecular complexity index is 373. The molecule has 4 heteroatoms. The molecule has 0 radical (unpaired) electrons. The second-order valence-corrected chi connectivity index (χ2v) is 6.58. The zero-order valence-corrected chi connectivity index (χ0v) is 12.3. The van der Waals surface area contributed by atoms with E-state index in [2.05, 4.69) is 18.0 Å². The normalized spacial score (nSPS) is 13.1. The van der Waals surface area contributed by atoms with Crippen LogP contribution in [-0.2, 0) is 9.53 Å². The quantitative estimate of drug-likeness (QED) is 0.764. The van der Waals surface area contributed by atoms with E-state index >= 15 is 0 Å². The Labute approximate surface area is 113 Å². The number of esters is 1. The maximum atomic E-state index is 11.5. The molecule has 0 amide bonds. The summed E-state index contributed by atoms with van der Waals surface area (Å²) < 4.78 is 5.26. The standard InChI is InChI=1S/C14H21NO2S/c1-11(12-6-5-8-15-10-12)18-9-7-13(16)17-14(2,3)4/h5-6,8,10-11H,7,9H2,1-4H3/t11-/m0/s1. The minimum Gasteiger partial charge on any atom is -0.460 e. The largest absolute Gasteiger partial charge is 0.460 e. The fourth-order valence-electron chi connectivity index (χ4n) is 1.42. The van der Waals surface area contributed by atoms with Crippen molar-refractivity contribution >= 4 is 17.7 Å². The Balaban J connectivity index is 2.28. The molecular formula is C14H21NO2S. The molecule has 0 spiro atoms. The van der Waals surface area contributed by atoms with Crippen molar-refractivity contribution in [3.8, 4) is 0 Å². The lowest BCUT2D eigenvalue weighted by molar-refractivity contribution is -0.154. The van der Waals surface area contributed by atoms with Crippen LogP contribution in [0.15, 0.2) is 24.5 Å². The van der Waals surface area contributed by atoms with E-state index in [0.29, 0.717) is 11.7 Å². The van der Waals surface area contributed by atoms with Crippen LogP contribution in [0, 0.1) is 0 Å². The van der Waals surface area contributed by atoms with Crippen LogP contribution in [0.4, 0.5) is 0 Å². The summed E-state index contributed by atoms with van der Waals surface area (Å²) in [7, 11) is 0. The van der Waals surface area contributed by atoms with E-state index in [1.165, 1.54) is 5.56 Å². The first-order chi connectivity index (χ1) is 8.38. The van der Waals surface area contributed by atoms with Gasteiger partial charge in [0.1, 0.15) is 5.60 Å². The topological polar surface area (TPSA) is 39.2 Å². The van der Waals surface area contributed by atoms with Crippen molar-refractivity contribution in [2.75, 3.05) is 5.75 Å². The first-order valence-corrected chi connectivity index (χ1v) is 7.17. The van der Waals surface area contributed by atoms with Gasteiger partial charge in [-0.05, 0) is 39.3 Å². The van der Waals surface area contributed by atoms with Crippen LogP contribution in [0.5, 0.6) is 0 Å². The second kappa shape index (κ2) is 6.78. The highest BCUT2D eigenvalue weighted by Gasteiger charge is 2.16. The average molecular weight is 267 g/mol. The van der Waals surface area contributed by atoms with Crippen molar-refractivity contribution in [1.82, 2.24) is 4.98 Å². The molecule has 1 rings (SSSR count). The number of thioether (sulfide) groups is 1. The van der Waals surface area contributed by atoms with Crippen LogP contribution in [0.3, 0.4) is 0 Å². The van der Waals surface area contributed by atoms with Crippen LogP contribution < -0.4 is 0 Å². The molecule has 0 unspecified atom stereocenters. The summed E-state index contributed by atoms with van der Waals surface area (Å²) in [5.41, 5.74) is 0.795. The molecule has 0 aliphatic rings. The number of carbonyl (C=O) groups excluding carboxylic acids is 1. The van der Waals surface area contributed by atoms with Crippen LogP contribution in [0.1, 0.15) is 44.9 Å². The first-order valence-electron chi connectivity index (χ1n) is 6.12. The molecule has 1 aromatic heterocycles. The number of aromatic nitrogens is 1.